The van der Waals surface area contributed by atoms with Crippen LogP contribution in [0.5, 0.6) is 0 Å². The summed E-state index contributed by atoms with van der Waals surface area (Å²) in [6.45, 7) is 4.59. The predicted molar refractivity (Wildman–Crippen MR) is 72.0 cm³/mol. The first-order valence-electron chi connectivity index (χ1n) is 6.57. The van der Waals surface area contributed by atoms with E-state index in [1.54, 1.807) is 12.1 Å². The van der Waals surface area contributed by atoms with Gasteiger partial charge in [0.15, 0.2) is 0 Å². The van der Waals surface area contributed by atoms with Crippen LogP contribution in [0.4, 0.5) is 8.78 Å². The average Bonchev–Trinajstić information content (AvgIpc) is 2.28. The van der Waals surface area contributed by atoms with Crippen LogP contribution in [0.15, 0.2) is 24.3 Å². The van der Waals surface area contributed by atoms with Crippen molar-refractivity contribution >= 4 is 0 Å². The Morgan fingerprint density at radius 1 is 1.17 bits per heavy atom. The maximum atomic E-state index is 13.8. The predicted octanol–water partition coefficient (Wildman–Crippen LogP) is 3.98. The van der Waals surface area contributed by atoms with Crippen molar-refractivity contribution in [2.45, 2.75) is 39.0 Å². The van der Waals surface area contributed by atoms with E-state index in [1.165, 1.54) is 0 Å². The molecule has 0 spiro atoms. The van der Waals surface area contributed by atoms with Crippen molar-refractivity contribution in [3.05, 3.63) is 35.4 Å². The summed E-state index contributed by atoms with van der Waals surface area (Å²) in [7, 11) is 1.91. The van der Waals surface area contributed by atoms with Gasteiger partial charge >= 0.3 is 0 Å². The second-order valence-electron chi connectivity index (χ2n) is 5.21. The molecule has 1 nitrogen and oxygen atoms in total. The molecule has 102 valence electrons. The summed E-state index contributed by atoms with van der Waals surface area (Å²) in [4.78, 5) is 0. The monoisotopic (exact) mass is 255 g/mol. The van der Waals surface area contributed by atoms with E-state index in [0.717, 1.165) is 24.9 Å². The minimum Gasteiger partial charge on any atom is -0.320 e. The van der Waals surface area contributed by atoms with Gasteiger partial charge in [-0.1, -0.05) is 38.1 Å². The molecule has 0 saturated heterocycles. The van der Waals surface area contributed by atoms with Gasteiger partial charge in [0, 0.05) is 12.0 Å². The van der Waals surface area contributed by atoms with E-state index in [1.807, 2.05) is 33.0 Å². The lowest BCUT2D eigenvalue weighted by Gasteiger charge is -2.19. The van der Waals surface area contributed by atoms with Crippen molar-refractivity contribution in [2.24, 2.45) is 5.92 Å². The van der Waals surface area contributed by atoms with E-state index in [2.05, 4.69) is 5.32 Å². The second-order valence-corrected chi connectivity index (χ2v) is 5.21. The maximum Gasteiger partial charge on any atom is 0.273 e. The first kappa shape index (κ1) is 15.1. The van der Waals surface area contributed by atoms with E-state index in [-0.39, 0.29) is 17.9 Å². The number of benzene rings is 1. The third-order valence-corrected chi connectivity index (χ3v) is 2.93. The van der Waals surface area contributed by atoms with Gasteiger partial charge in [0.25, 0.3) is 5.92 Å². The minimum absolute atomic E-state index is 0.00435. The Morgan fingerprint density at radius 2 is 1.78 bits per heavy atom. The molecule has 0 aromatic heterocycles. The number of rotatable bonds is 7. The third kappa shape index (κ3) is 4.73. The normalized spacial score (nSPS) is 12.1. The minimum atomic E-state index is -2.71. The van der Waals surface area contributed by atoms with Crippen LogP contribution in [0.25, 0.3) is 0 Å². The van der Waals surface area contributed by atoms with E-state index < -0.39 is 5.92 Å². The highest BCUT2D eigenvalue weighted by atomic mass is 19.3. The Balaban J connectivity index is 2.64. The lowest BCUT2D eigenvalue weighted by molar-refractivity contribution is -0.0249. The zero-order valence-corrected chi connectivity index (χ0v) is 11.5. The molecule has 1 N–H and O–H groups in total. The van der Waals surface area contributed by atoms with Gasteiger partial charge in [-0.2, -0.15) is 0 Å². The van der Waals surface area contributed by atoms with Gasteiger partial charge in [-0.05, 0) is 37.9 Å². The molecule has 0 atom stereocenters. The van der Waals surface area contributed by atoms with Crippen molar-refractivity contribution < 1.29 is 8.78 Å². The molecule has 0 radical (unpaired) electrons. The van der Waals surface area contributed by atoms with Crippen LogP contribution in [-0.4, -0.2) is 13.6 Å². The number of halogens is 2. The number of hydrogen-bond donors (Lipinski definition) is 1. The highest BCUT2D eigenvalue weighted by Crippen LogP contribution is 2.34. The topological polar surface area (TPSA) is 12.0 Å². The molecule has 1 aromatic carbocycles. The zero-order chi connectivity index (χ0) is 13.6. The standard InChI is InChI=1S/C15H23F2N/c1-12(2)11-15(16,17)14-8-6-13(7-9-14)5-4-10-18-3/h6-9,12,18H,4-5,10-11H2,1-3H3. The van der Waals surface area contributed by atoms with Crippen LogP contribution in [0.2, 0.25) is 0 Å². The van der Waals surface area contributed by atoms with E-state index in [0.29, 0.717) is 0 Å². The number of aryl methyl sites for hydroxylation is 1. The highest BCUT2D eigenvalue weighted by molar-refractivity contribution is 5.26. The van der Waals surface area contributed by atoms with Crippen LogP contribution < -0.4 is 5.32 Å². The first-order chi connectivity index (χ1) is 8.45. The smallest absolute Gasteiger partial charge is 0.273 e. The SMILES string of the molecule is CNCCCc1ccc(C(F)(F)CC(C)C)cc1. The molecule has 0 aliphatic heterocycles. The molecule has 0 aliphatic carbocycles. The highest BCUT2D eigenvalue weighted by Gasteiger charge is 2.31. The Bertz CT molecular complexity index is 344. The van der Waals surface area contributed by atoms with Crippen molar-refractivity contribution in [3.8, 4) is 0 Å². The third-order valence-electron chi connectivity index (χ3n) is 2.93. The van der Waals surface area contributed by atoms with Gasteiger partial charge in [-0.25, -0.2) is 8.78 Å². The molecular weight excluding hydrogens is 232 g/mol. The van der Waals surface area contributed by atoms with Crippen molar-refractivity contribution in [3.63, 3.8) is 0 Å². The molecule has 0 saturated carbocycles. The van der Waals surface area contributed by atoms with Crippen LogP contribution in [-0.2, 0) is 12.3 Å². The molecule has 0 bridgehead atoms. The largest absolute Gasteiger partial charge is 0.320 e. The Kier molecular flexibility index (Phi) is 5.73. The fourth-order valence-electron chi connectivity index (χ4n) is 2.02. The summed E-state index contributed by atoms with van der Waals surface area (Å²) in [5.74, 6) is -2.71. The fraction of sp³-hybridized carbons (Fsp3) is 0.600. The van der Waals surface area contributed by atoms with Crippen LogP contribution in [0.3, 0.4) is 0 Å². The van der Waals surface area contributed by atoms with Crippen molar-refractivity contribution in [1.82, 2.24) is 5.32 Å². The summed E-state index contributed by atoms with van der Waals surface area (Å²) < 4.78 is 27.7. The summed E-state index contributed by atoms with van der Waals surface area (Å²) in [6, 6.07) is 6.77. The number of alkyl halides is 2. The van der Waals surface area contributed by atoms with Gasteiger partial charge in [0.1, 0.15) is 0 Å². The molecule has 0 fully saturated rings. The molecule has 1 rings (SSSR count). The van der Waals surface area contributed by atoms with E-state index in [9.17, 15) is 8.78 Å². The van der Waals surface area contributed by atoms with Gasteiger partial charge in [-0.3, -0.25) is 0 Å². The molecule has 0 aliphatic rings. The van der Waals surface area contributed by atoms with Crippen LogP contribution >= 0.6 is 0 Å². The lowest BCUT2D eigenvalue weighted by Crippen LogP contribution is -2.16. The number of nitrogens with one attached hydrogen (secondary N) is 1. The fourth-order valence-corrected chi connectivity index (χ4v) is 2.02. The Morgan fingerprint density at radius 3 is 2.28 bits per heavy atom. The second kappa shape index (κ2) is 6.83. The molecule has 1 aromatic rings. The molecule has 0 amide bonds. The Hall–Kier alpha value is -0.960. The first-order valence-corrected chi connectivity index (χ1v) is 6.57. The van der Waals surface area contributed by atoms with Gasteiger partial charge in [-0.15, -0.1) is 0 Å². The van der Waals surface area contributed by atoms with Crippen LogP contribution in [0, 0.1) is 5.92 Å². The van der Waals surface area contributed by atoms with Crippen LogP contribution in [0.1, 0.15) is 37.8 Å². The van der Waals surface area contributed by atoms with E-state index >= 15 is 0 Å². The average molecular weight is 255 g/mol. The maximum absolute atomic E-state index is 13.8. The molecule has 18 heavy (non-hydrogen) atoms. The van der Waals surface area contributed by atoms with Crippen molar-refractivity contribution in [2.75, 3.05) is 13.6 Å². The summed E-state index contributed by atoms with van der Waals surface area (Å²) in [5, 5.41) is 3.08. The summed E-state index contributed by atoms with van der Waals surface area (Å²) in [6.07, 6.45) is 1.86. The lowest BCUT2D eigenvalue weighted by atomic mass is 9.97. The quantitative estimate of drug-likeness (QED) is 0.727. The molecular formula is C15H23F2N. The van der Waals surface area contributed by atoms with E-state index in [4.69, 9.17) is 0 Å². The van der Waals surface area contributed by atoms with Gasteiger partial charge in [0.05, 0.1) is 0 Å². The summed E-state index contributed by atoms with van der Waals surface area (Å²) in [5.41, 5.74) is 1.25. The molecule has 0 unspecified atom stereocenters. The van der Waals surface area contributed by atoms with Gasteiger partial charge in [0.2, 0.25) is 0 Å². The Labute approximate surface area is 109 Å². The molecule has 3 heteroatoms. The summed E-state index contributed by atoms with van der Waals surface area (Å²) >= 11 is 0. The zero-order valence-electron chi connectivity index (χ0n) is 11.5. The molecule has 0 heterocycles. The number of hydrogen-bond acceptors (Lipinski definition) is 1. The van der Waals surface area contributed by atoms with Crippen molar-refractivity contribution in [1.29, 1.82) is 0 Å². The van der Waals surface area contributed by atoms with Gasteiger partial charge < -0.3 is 5.32 Å².